The lowest BCUT2D eigenvalue weighted by molar-refractivity contribution is 0.0692. The van der Waals surface area contributed by atoms with Gasteiger partial charge in [-0.25, -0.2) is 0 Å². The van der Waals surface area contributed by atoms with Gasteiger partial charge in [0.25, 0.3) is 16.1 Å². The van der Waals surface area contributed by atoms with E-state index in [1.54, 1.807) is 15.3 Å². The van der Waals surface area contributed by atoms with E-state index in [1.165, 1.54) is 4.31 Å². The largest absolute Gasteiger partial charge is 0.493 e. The van der Waals surface area contributed by atoms with E-state index in [2.05, 4.69) is 4.90 Å². The molecule has 0 saturated carbocycles. The molecule has 3 aliphatic heterocycles. The lowest BCUT2D eigenvalue weighted by Gasteiger charge is -2.39. The summed E-state index contributed by atoms with van der Waals surface area (Å²) in [6.07, 6.45) is 0.827. The van der Waals surface area contributed by atoms with Crippen molar-refractivity contribution in [1.29, 1.82) is 0 Å². The summed E-state index contributed by atoms with van der Waals surface area (Å²) in [5.41, 5.74) is 1.71. The molecule has 0 bridgehead atoms. The van der Waals surface area contributed by atoms with Gasteiger partial charge < -0.3 is 14.5 Å². The van der Waals surface area contributed by atoms with Crippen molar-refractivity contribution >= 4 is 16.1 Å². The highest BCUT2D eigenvalue weighted by Gasteiger charge is 2.35. The van der Waals surface area contributed by atoms with Crippen LogP contribution in [-0.2, 0) is 16.6 Å². The summed E-state index contributed by atoms with van der Waals surface area (Å²) >= 11 is 0. The summed E-state index contributed by atoms with van der Waals surface area (Å²) < 4.78 is 34.2. The lowest BCUT2D eigenvalue weighted by atomic mass is 10.1. The molecular weight excluding hydrogens is 368 g/mol. The third-order valence-corrected chi connectivity index (χ3v) is 7.61. The van der Waals surface area contributed by atoms with Crippen molar-refractivity contribution in [3.8, 4) is 5.75 Å². The molecule has 1 aromatic carbocycles. The summed E-state index contributed by atoms with van der Waals surface area (Å²) in [6.45, 7) is 4.72. The molecule has 148 valence electrons. The predicted molar refractivity (Wildman–Crippen MR) is 101 cm³/mol. The van der Waals surface area contributed by atoms with Crippen LogP contribution in [-0.4, -0.2) is 98.7 Å². The molecule has 2 fully saturated rings. The van der Waals surface area contributed by atoms with E-state index in [1.807, 2.05) is 19.2 Å². The zero-order chi connectivity index (χ0) is 19.0. The summed E-state index contributed by atoms with van der Waals surface area (Å²) in [5, 5.41) is 0. The number of likely N-dealkylation sites (N-methyl/N-ethyl adjacent to an activating group) is 1. The SMILES string of the molecule is CN1CCN(S(=O)(=O)N2CCN(C(=O)c3ccc4c(c3)CCO4)CC2)CC1. The minimum atomic E-state index is -3.44. The normalized spacial score (nSPS) is 22.5. The molecule has 27 heavy (non-hydrogen) atoms. The molecular formula is C18H26N4O4S. The van der Waals surface area contributed by atoms with Crippen LogP contribution in [0.25, 0.3) is 0 Å². The predicted octanol–water partition coefficient (Wildman–Crippen LogP) is -0.128. The van der Waals surface area contributed by atoms with Gasteiger partial charge in [0.2, 0.25) is 0 Å². The lowest BCUT2D eigenvalue weighted by Crippen LogP contribution is -2.57. The number of hydrogen-bond donors (Lipinski definition) is 0. The third kappa shape index (κ3) is 3.69. The standard InChI is InChI=1S/C18H26N4O4S/c1-19-5-9-21(10-6-19)27(24,25)22-11-7-20(8-12-22)18(23)16-2-3-17-15(14-16)4-13-26-17/h2-3,14H,4-13H2,1H3. The van der Waals surface area contributed by atoms with Crippen LogP contribution in [0.3, 0.4) is 0 Å². The first-order valence-electron chi connectivity index (χ1n) is 9.44. The zero-order valence-corrected chi connectivity index (χ0v) is 16.4. The van der Waals surface area contributed by atoms with E-state index in [-0.39, 0.29) is 5.91 Å². The second kappa shape index (κ2) is 7.38. The molecule has 1 amide bonds. The second-order valence-electron chi connectivity index (χ2n) is 7.32. The molecule has 0 aromatic heterocycles. The maximum Gasteiger partial charge on any atom is 0.282 e. The first-order valence-corrected chi connectivity index (χ1v) is 10.8. The van der Waals surface area contributed by atoms with Gasteiger partial charge in [-0.2, -0.15) is 17.0 Å². The number of benzene rings is 1. The smallest absolute Gasteiger partial charge is 0.282 e. The summed E-state index contributed by atoms with van der Waals surface area (Å²) in [7, 11) is -1.45. The Kier molecular flexibility index (Phi) is 5.11. The van der Waals surface area contributed by atoms with Crippen molar-refractivity contribution in [2.24, 2.45) is 0 Å². The Bertz CT molecular complexity index is 813. The van der Waals surface area contributed by atoms with Crippen LogP contribution >= 0.6 is 0 Å². The van der Waals surface area contributed by atoms with E-state index in [9.17, 15) is 13.2 Å². The van der Waals surface area contributed by atoms with Crippen LogP contribution in [0.5, 0.6) is 5.75 Å². The van der Waals surface area contributed by atoms with Crippen molar-refractivity contribution in [3.05, 3.63) is 29.3 Å². The van der Waals surface area contributed by atoms with Crippen LogP contribution < -0.4 is 4.74 Å². The molecule has 9 heteroatoms. The number of fused-ring (bicyclic) bond motifs is 1. The zero-order valence-electron chi connectivity index (χ0n) is 15.6. The van der Waals surface area contributed by atoms with Crippen LogP contribution in [0.2, 0.25) is 0 Å². The molecule has 3 aliphatic rings. The quantitative estimate of drug-likeness (QED) is 0.714. The first-order chi connectivity index (χ1) is 12.9. The molecule has 0 atom stereocenters. The molecule has 3 heterocycles. The molecule has 1 aromatic rings. The van der Waals surface area contributed by atoms with Gasteiger partial charge in [-0.3, -0.25) is 4.79 Å². The van der Waals surface area contributed by atoms with Gasteiger partial charge in [-0.1, -0.05) is 0 Å². The highest BCUT2D eigenvalue weighted by molar-refractivity contribution is 7.86. The van der Waals surface area contributed by atoms with E-state index >= 15 is 0 Å². The molecule has 0 aliphatic carbocycles. The number of hydrogen-bond acceptors (Lipinski definition) is 5. The van der Waals surface area contributed by atoms with Crippen molar-refractivity contribution in [2.75, 3.05) is 66.0 Å². The molecule has 4 rings (SSSR count). The number of rotatable bonds is 3. The van der Waals surface area contributed by atoms with Gasteiger partial charge >= 0.3 is 0 Å². The molecule has 0 radical (unpaired) electrons. The van der Waals surface area contributed by atoms with Crippen molar-refractivity contribution in [1.82, 2.24) is 18.4 Å². The Labute approximate surface area is 160 Å². The second-order valence-corrected chi connectivity index (χ2v) is 9.25. The highest BCUT2D eigenvalue weighted by Crippen LogP contribution is 2.26. The maximum atomic E-state index is 12.8. The number of nitrogens with zero attached hydrogens (tertiary/aromatic N) is 4. The van der Waals surface area contributed by atoms with Crippen molar-refractivity contribution < 1.29 is 17.9 Å². The Morgan fingerprint density at radius 1 is 0.963 bits per heavy atom. The fourth-order valence-corrected chi connectivity index (χ4v) is 5.38. The molecule has 2 saturated heterocycles. The first kappa shape index (κ1) is 18.7. The van der Waals surface area contributed by atoms with E-state index < -0.39 is 10.2 Å². The van der Waals surface area contributed by atoms with E-state index in [0.717, 1.165) is 30.8 Å². The third-order valence-electron chi connectivity index (χ3n) is 5.58. The van der Waals surface area contributed by atoms with Crippen LogP contribution in [0.4, 0.5) is 0 Å². The van der Waals surface area contributed by atoms with Crippen molar-refractivity contribution in [3.63, 3.8) is 0 Å². The molecule has 8 nitrogen and oxygen atoms in total. The van der Waals surface area contributed by atoms with Crippen LogP contribution in [0.15, 0.2) is 18.2 Å². The Morgan fingerprint density at radius 2 is 1.59 bits per heavy atom. The van der Waals surface area contributed by atoms with E-state index in [4.69, 9.17) is 4.74 Å². The Morgan fingerprint density at radius 3 is 2.26 bits per heavy atom. The highest BCUT2D eigenvalue weighted by atomic mass is 32.2. The fraction of sp³-hybridized carbons (Fsp3) is 0.611. The minimum Gasteiger partial charge on any atom is -0.493 e. The van der Waals surface area contributed by atoms with Gasteiger partial charge in [0.15, 0.2) is 0 Å². The molecule has 0 unspecified atom stereocenters. The van der Waals surface area contributed by atoms with Gasteiger partial charge in [-0.15, -0.1) is 0 Å². The monoisotopic (exact) mass is 394 g/mol. The van der Waals surface area contributed by atoms with Crippen LogP contribution in [0.1, 0.15) is 15.9 Å². The van der Waals surface area contributed by atoms with Gasteiger partial charge in [0.05, 0.1) is 6.61 Å². The number of amides is 1. The average Bonchev–Trinajstić information content (AvgIpc) is 3.15. The van der Waals surface area contributed by atoms with Crippen LogP contribution in [0, 0.1) is 0 Å². The number of piperazine rings is 2. The molecule has 0 N–H and O–H groups in total. The summed E-state index contributed by atoms with van der Waals surface area (Å²) in [6, 6.07) is 5.54. The minimum absolute atomic E-state index is 0.0404. The van der Waals surface area contributed by atoms with Gasteiger partial charge in [0.1, 0.15) is 5.75 Å². The number of carbonyl (C=O) groups is 1. The number of ether oxygens (including phenoxy) is 1. The molecule has 0 spiro atoms. The van der Waals surface area contributed by atoms with Crippen molar-refractivity contribution in [2.45, 2.75) is 6.42 Å². The van der Waals surface area contributed by atoms with E-state index in [0.29, 0.717) is 51.4 Å². The number of carbonyl (C=O) groups excluding carboxylic acids is 1. The Hall–Kier alpha value is -1.68. The summed E-state index contributed by atoms with van der Waals surface area (Å²) in [5.74, 6) is 0.816. The topological polar surface area (TPSA) is 73.4 Å². The fourth-order valence-electron chi connectivity index (χ4n) is 3.81. The summed E-state index contributed by atoms with van der Waals surface area (Å²) in [4.78, 5) is 16.7. The Balaban J connectivity index is 1.38. The maximum absolute atomic E-state index is 12.8. The van der Waals surface area contributed by atoms with Gasteiger partial charge in [0, 0.05) is 64.3 Å². The average molecular weight is 394 g/mol. The van der Waals surface area contributed by atoms with Gasteiger partial charge in [-0.05, 0) is 30.8 Å².